The maximum absolute atomic E-state index is 9.49. The summed E-state index contributed by atoms with van der Waals surface area (Å²) in [6.45, 7) is 0.402. The van der Waals surface area contributed by atoms with Gasteiger partial charge in [0.05, 0.1) is 20.3 Å². The first-order valence-electron chi connectivity index (χ1n) is 6.36. The van der Waals surface area contributed by atoms with Gasteiger partial charge in [-0.2, -0.15) is 0 Å². The summed E-state index contributed by atoms with van der Waals surface area (Å²) in [6, 6.07) is 14.8. The number of methoxy groups -OCH3 is 1. The van der Waals surface area contributed by atoms with Crippen LogP contribution in [0.25, 0.3) is 0 Å². The molecule has 0 amide bonds. The van der Waals surface area contributed by atoms with Gasteiger partial charge < -0.3 is 14.6 Å². The van der Waals surface area contributed by atoms with E-state index in [1.807, 2.05) is 48.5 Å². The average Bonchev–Trinajstić information content (AvgIpc) is 2.48. The predicted octanol–water partition coefficient (Wildman–Crippen LogP) is 3.50. The number of aliphatic hydroxyl groups is 1. The molecule has 106 valence electrons. The molecule has 2 aromatic carbocycles. The van der Waals surface area contributed by atoms with Crippen LogP contribution in [0.5, 0.6) is 11.5 Å². The van der Waals surface area contributed by atoms with Gasteiger partial charge in [-0.25, -0.2) is 0 Å². The lowest BCUT2D eigenvalue weighted by Gasteiger charge is -2.16. The summed E-state index contributed by atoms with van der Waals surface area (Å²) in [4.78, 5) is 0. The quantitative estimate of drug-likeness (QED) is 0.885. The van der Waals surface area contributed by atoms with Crippen LogP contribution in [0.4, 0.5) is 0 Å². The summed E-state index contributed by atoms with van der Waals surface area (Å²) in [5.41, 5.74) is 0.966. The lowest BCUT2D eigenvalue weighted by atomic mass is 10.0. The zero-order chi connectivity index (χ0) is 14.4. The average molecular weight is 293 g/mol. The first-order valence-corrected chi connectivity index (χ1v) is 6.74. The smallest absolute Gasteiger partial charge is 0.119 e. The van der Waals surface area contributed by atoms with Gasteiger partial charge in [-0.15, -0.1) is 0 Å². The summed E-state index contributed by atoms with van der Waals surface area (Å²) < 4.78 is 10.8. The molecule has 0 aliphatic carbocycles. The molecule has 0 aliphatic heterocycles. The molecule has 0 saturated carbocycles. The molecular formula is C16H17ClO3. The van der Waals surface area contributed by atoms with Crippen molar-refractivity contribution in [2.45, 2.75) is 5.92 Å². The van der Waals surface area contributed by atoms with E-state index in [1.54, 1.807) is 7.11 Å². The van der Waals surface area contributed by atoms with Gasteiger partial charge in [0.2, 0.25) is 0 Å². The van der Waals surface area contributed by atoms with E-state index in [9.17, 15) is 5.11 Å². The number of aliphatic hydroxyl groups excluding tert-OH is 1. The van der Waals surface area contributed by atoms with Crippen LogP contribution in [-0.2, 0) is 0 Å². The van der Waals surface area contributed by atoms with Crippen molar-refractivity contribution in [3.63, 3.8) is 0 Å². The van der Waals surface area contributed by atoms with Gasteiger partial charge in [0.1, 0.15) is 11.5 Å². The number of hydrogen-bond acceptors (Lipinski definition) is 3. The summed E-state index contributed by atoms with van der Waals surface area (Å²) in [5, 5.41) is 10.1. The first-order chi connectivity index (χ1) is 9.72. The molecule has 20 heavy (non-hydrogen) atoms. The minimum atomic E-state index is -0.101. The van der Waals surface area contributed by atoms with Crippen molar-refractivity contribution in [1.82, 2.24) is 0 Å². The second kappa shape index (κ2) is 7.17. The molecule has 0 heterocycles. The van der Waals surface area contributed by atoms with E-state index >= 15 is 0 Å². The van der Waals surface area contributed by atoms with Crippen molar-refractivity contribution in [3.8, 4) is 11.5 Å². The molecule has 0 fully saturated rings. The van der Waals surface area contributed by atoms with Gasteiger partial charge in [-0.05, 0) is 42.0 Å². The SMILES string of the molecule is COc1ccc(OCC(CO)c2cccc(Cl)c2)cc1. The Hall–Kier alpha value is -1.71. The highest BCUT2D eigenvalue weighted by Gasteiger charge is 2.12. The lowest BCUT2D eigenvalue weighted by Crippen LogP contribution is -2.14. The normalized spacial score (nSPS) is 11.9. The third-order valence-corrected chi connectivity index (χ3v) is 3.29. The van der Waals surface area contributed by atoms with E-state index in [-0.39, 0.29) is 12.5 Å². The zero-order valence-corrected chi connectivity index (χ0v) is 12.0. The van der Waals surface area contributed by atoms with Crippen molar-refractivity contribution in [2.24, 2.45) is 0 Å². The molecule has 0 radical (unpaired) electrons. The van der Waals surface area contributed by atoms with Crippen LogP contribution in [0.3, 0.4) is 0 Å². The molecule has 2 aromatic rings. The monoisotopic (exact) mass is 292 g/mol. The maximum atomic E-state index is 9.49. The fraction of sp³-hybridized carbons (Fsp3) is 0.250. The maximum Gasteiger partial charge on any atom is 0.119 e. The van der Waals surface area contributed by atoms with E-state index in [1.165, 1.54) is 0 Å². The fourth-order valence-corrected chi connectivity index (χ4v) is 2.08. The lowest BCUT2D eigenvalue weighted by molar-refractivity contribution is 0.205. The van der Waals surface area contributed by atoms with E-state index in [0.717, 1.165) is 17.1 Å². The van der Waals surface area contributed by atoms with Gasteiger partial charge in [-0.1, -0.05) is 23.7 Å². The van der Waals surface area contributed by atoms with Crippen molar-refractivity contribution >= 4 is 11.6 Å². The minimum Gasteiger partial charge on any atom is -0.497 e. The predicted molar refractivity (Wildman–Crippen MR) is 79.8 cm³/mol. The number of halogens is 1. The second-order valence-corrected chi connectivity index (χ2v) is 4.86. The molecule has 0 spiro atoms. The fourth-order valence-electron chi connectivity index (χ4n) is 1.88. The molecule has 0 bridgehead atoms. The molecule has 3 nitrogen and oxygen atoms in total. The summed E-state index contributed by atoms with van der Waals surface area (Å²) in [7, 11) is 1.62. The van der Waals surface area contributed by atoms with E-state index in [0.29, 0.717) is 11.6 Å². The van der Waals surface area contributed by atoms with Gasteiger partial charge in [0.25, 0.3) is 0 Å². The Balaban J connectivity index is 1.99. The number of hydrogen-bond donors (Lipinski definition) is 1. The molecule has 0 saturated heterocycles. The van der Waals surface area contributed by atoms with Crippen molar-refractivity contribution in [1.29, 1.82) is 0 Å². The molecule has 0 aliphatic rings. The standard InChI is InChI=1S/C16H17ClO3/c1-19-15-5-7-16(8-6-15)20-11-13(10-18)12-3-2-4-14(17)9-12/h2-9,13,18H,10-11H2,1H3. The van der Waals surface area contributed by atoms with Crippen LogP contribution >= 0.6 is 11.6 Å². The number of rotatable bonds is 6. The van der Waals surface area contributed by atoms with Crippen LogP contribution in [0.1, 0.15) is 11.5 Å². The van der Waals surface area contributed by atoms with Crippen LogP contribution in [0.2, 0.25) is 5.02 Å². The summed E-state index contributed by atoms with van der Waals surface area (Å²) in [6.07, 6.45) is 0. The van der Waals surface area contributed by atoms with Crippen LogP contribution < -0.4 is 9.47 Å². The molecule has 4 heteroatoms. The molecule has 2 rings (SSSR count). The first kappa shape index (κ1) is 14.7. The Morgan fingerprint density at radius 3 is 2.40 bits per heavy atom. The molecular weight excluding hydrogens is 276 g/mol. The molecule has 1 unspecified atom stereocenters. The second-order valence-electron chi connectivity index (χ2n) is 4.42. The Morgan fingerprint density at radius 2 is 1.80 bits per heavy atom. The van der Waals surface area contributed by atoms with Gasteiger partial charge in [0.15, 0.2) is 0 Å². The molecule has 0 aromatic heterocycles. The highest BCUT2D eigenvalue weighted by Crippen LogP contribution is 2.22. The van der Waals surface area contributed by atoms with Gasteiger partial charge >= 0.3 is 0 Å². The number of ether oxygens (including phenoxy) is 2. The third-order valence-electron chi connectivity index (χ3n) is 3.05. The van der Waals surface area contributed by atoms with Crippen LogP contribution in [0, 0.1) is 0 Å². The Morgan fingerprint density at radius 1 is 1.10 bits per heavy atom. The van der Waals surface area contributed by atoms with E-state index in [2.05, 4.69) is 0 Å². The highest BCUT2D eigenvalue weighted by molar-refractivity contribution is 6.30. The third kappa shape index (κ3) is 3.89. The molecule has 1 N–H and O–H groups in total. The molecule has 1 atom stereocenters. The minimum absolute atomic E-state index is 0.0104. The Bertz CT molecular complexity index is 540. The summed E-state index contributed by atoms with van der Waals surface area (Å²) in [5.74, 6) is 1.42. The Labute approximate surface area is 123 Å². The highest BCUT2D eigenvalue weighted by atomic mass is 35.5. The van der Waals surface area contributed by atoms with Gasteiger partial charge in [0, 0.05) is 10.9 Å². The Kier molecular flexibility index (Phi) is 5.27. The van der Waals surface area contributed by atoms with E-state index in [4.69, 9.17) is 21.1 Å². The van der Waals surface area contributed by atoms with Crippen molar-refractivity contribution in [2.75, 3.05) is 20.3 Å². The van der Waals surface area contributed by atoms with Crippen LogP contribution in [-0.4, -0.2) is 25.4 Å². The van der Waals surface area contributed by atoms with Crippen molar-refractivity contribution < 1.29 is 14.6 Å². The number of benzene rings is 2. The topological polar surface area (TPSA) is 38.7 Å². The zero-order valence-electron chi connectivity index (χ0n) is 11.3. The van der Waals surface area contributed by atoms with Gasteiger partial charge in [-0.3, -0.25) is 0 Å². The van der Waals surface area contributed by atoms with E-state index < -0.39 is 0 Å². The van der Waals surface area contributed by atoms with Crippen molar-refractivity contribution in [3.05, 3.63) is 59.1 Å². The summed E-state index contributed by atoms with van der Waals surface area (Å²) >= 11 is 5.96. The largest absolute Gasteiger partial charge is 0.497 e. The van der Waals surface area contributed by atoms with Crippen LogP contribution in [0.15, 0.2) is 48.5 Å².